The number of fused-ring (bicyclic) bond motifs is 2. The first kappa shape index (κ1) is 18.2. The summed E-state index contributed by atoms with van der Waals surface area (Å²) < 4.78 is 20.8. The molecule has 6 nitrogen and oxygen atoms in total. The maximum Gasteiger partial charge on any atom is 0.310 e. The molecule has 0 spiro atoms. The molecule has 4 rings (SSSR count). The molecule has 0 aliphatic rings. The number of hydroxylamine groups is 1. The van der Waals surface area contributed by atoms with Crippen LogP contribution in [0.1, 0.15) is 16.1 Å². The average molecular weight is 394 g/mol. The van der Waals surface area contributed by atoms with Crippen molar-refractivity contribution in [3.63, 3.8) is 0 Å². The molecule has 142 valence electrons. The van der Waals surface area contributed by atoms with E-state index in [1.54, 1.807) is 18.2 Å². The molecule has 0 aliphatic carbocycles. The molecule has 4 aromatic rings. The zero-order valence-electron chi connectivity index (χ0n) is 14.8. The van der Waals surface area contributed by atoms with Crippen LogP contribution in [0.25, 0.3) is 21.7 Å². The Morgan fingerprint density at radius 2 is 1.82 bits per heavy atom. The second-order valence-corrected chi connectivity index (χ2v) is 7.65. The Bertz CT molecular complexity index is 1180. The standard InChI is InChI=1S/C21H18N2O4S/c24-21(22-25)20-13-16-12-17(8-9-19(16)27-20)23-28(26)11-10-15-6-3-5-14-4-1-2-7-18(14)15/h1-9,12-13,23,25H,10-11H2,(H,22,24). The molecular weight excluding hydrogens is 376 g/mol. The Labute approximate surface area is 163 Å². The summed E-state index contributed by atoms with van der Waals surface area (Å²) in [7, 11) is -1.26. The molecule has 0 radical (unpaired) electrons. The Morgan fingerprint density at radius 3 is 2.68 bits per heavy atom. The summed E-state index contributed by atoms with van der Waals surface area (Å²) in [6.07, 6.45) is 0.690. The number of hydrogen-bond donors (Lipinski definition) is 3. The van der Waals surface area contributed by atoms with Crippen molar-refractivity contribution in [2.75, 3.05) is 10.5 Å². The van der Waals surface area contributed by atoms with E-state index in [0.29, 0.717) is 28.8 Å². The zero-order valence-corrected chi connectivity index (χ0v) is 15.7. The maximum atomic E-state index is 12.5. The third kappa shape index (κ3) is 3.76. The predicted molar refractivity (Wildman–Crippen MR) is 110 cm³/mol. The fraction of sp³-hybridized carbons (Fsp3) is 0.0952. The quantitative estimate of drug-likeness (QED) is 0.340. The molecule has 0 fully saturated rings. The van der Waals surface area contributed by atoms with Crippen molar-refractivity contribution >= 4 is 44.3 Å². The van der Waals surface area contributed by atoms with Crippen molar-refractivity contribution in [1.29, 1.82) is 0 Å². The molecule has 28 heavy (non-hydrogen) atoms. The van der Waals surface area contributed by atoms with Gasteiger partial charge in [0.05, 0.1) is 0 Å². The van der Waals surface area contributed by atoms with Crippen LogP contribution >= 0.6 is 0 Å². The lowest BCUT2D eigenvalue weighted by atomic mass is 10.0. The smallest absolute Gasteiger partial charge is 0.310 e. The molecule has 1 aromatic heterocycles. The Balaban J connectivity index is 1.45. The van der Waals surface area contributed by atoms with E-state index < -0.39 is 16.9 Å². The summed E-state index contributed by atoms with van der Waals surface area (Å²) >= 11 is 0. The molecule has 1 atom stereocenters. The van der Waals surface area contributed by atoms with Crippen LogP contribution in [0.5, 0.6) is 0 Å². The van der Waals surface area contributed by atoms with Gasteiger partial charge in [-0.2, -0.15) is 0 Å². The topological polar surface area (TPSA) is 91.6 Å². The van der Waals surface area contributed by atoms with Gasteiger partial charge >= 0.3 is 5.91 Å². The normalized spacial score (nSPS) is 12.2. The zero-order chi connectivity index (χ0) is 19.5. The van der Waals surface area contributed by atoms with Crippen LogP contribution in [0.4, 0.5) is 5.69 Å². The van der Waals surface area contributed by atoms with Crippen molar-refractivity contribution in [3.05, 3.63) is 78.1 Å². The summed E-state index contributed by atoms with van der Waals surface area (Å²) in [5.41, 5.74) is 3.87. The first-order chi connectivity index (χ1) is 13.6. The van der Waals surface area contributed by atoms with Gasteiger partial charge in [-0.15, -0.1) is 0 Å². The van der Waals surface area contributed by atoms with Crippen molar-refractivity contribution < 1.29 is 18.6 Å². The van der Waals surface area contributed by atoms with Gasteiger partial charge in [0.2, 0.25) is 0 Å². The molecule has 1 unspecified atom stereocenters. The van der Waals surface area contributed by atoms with Gasteiger partial charge in [-0.05, 0) is 47.0 Å². The summed E-state index contributed by atoms with van der Waals surface area (Å²) in [4.78, 5) is 11.4. The number of benzene rings is 3. The highest BCUT2D eigenvalue weighted by molar-refractivity contribution is 7.86. The van der Waals surface area contributed by atoms with Crippen molar-refractivity contribution in [1.82, 2.24) is 5.48 Å². The van der Waals surface area contributed by atoms with E-state index in [-0.39, 0.29) is 5.76 Å². The first-order valence-electron chi connectivity index (χ1n) is 8.74. The van der Waals surface area contributed by atoms with Crippen LogP contribution in [0.3, 0.4) is 0 Å². The number of hydrogen-bond acceptors (Lipinski definition) is 4. The van der Waals surface area contributed by atoms with E-state index in [2.05, 4.69) is 29.0 Å². The van der Waals surface area contributed by atoms with Gasteiger partial charge in [-0.3, -0.25) is 10.0 Å². The van der Waals surface area contributed by atoms with Gasteiger partial charge in [0.25, 0.3) is 0 Å². The highest BCUT2D eigenvalue weighted by atomic mass is 32.2. The Hall–Kier alpha value is -3.16. The molecule has 0 aliphatic heterocycles. The fourth-order valence-corrected chi connectivity index (χ4v) is 4.07. The van der Waals surface area contributed by atoms with Crippen LogP contribution in [-0.4, -0.2) is 21.1 Å². The second kappa shape index (κ2) is 7.84. The van der Waals surface area contributed by atoms with E-state index in [1.807, 2.05) is 18.2 Å². The van der Waals surface area contributed by atoms with E-state index in [4.69, 9.17) is 9.62 Å². The number of amides is 1. The molecule has 3 aromatic carbocycles. The molecule has 0 bridgehead atoms. The van der Waals surface area contributed by atoms with Gasteiger partial charge < -0.3 is 9.14 Å². The molecule has 0 saturated heterocycles. The van der Waals surface area contributed by atoms with Crippen LogP contribution in [0.2, 0.25) is 0 Å². The number of furan rings is 1. The summed E-state index contributed by atoms with van der Waals surface area (Å²) in [6, 6.07) is 21.0. The average Bonchev–Trinajstić information content (AvgIpc) is 3.15. The van der Waals surface area contributed by atoms with Gasteiger partial charge in [-0.1, -0.05) is 42.5 Å². The minimum atomic E-state index is -1.26. The molecule has 1 amide bonds. The van der Waals surface area contributed by atoms with E-state index in [1.165, 1.54) is 22.3 Å². The first-order valence-corrected chi connectivity index (χ1v) is 10.1. The van der Waals surface area contributed by atoms with Gasteiger partial charge in [-0.25, -0.2) is 9.69 Å². The highest BCUT2D eigenvalue weighted by Crippen LogP contribution is 2.24. The molecule has 7 heteroatoms. The van der Waals surface area contributed by atoms with Gasteiger partial charge in [0.15, 0.2) is 5.76 Å². The fourth-order valence-electron chi connectivity index (χ4n) is 3.17. The third-order valence-corrected chi connectivity index (χ3v) is 5.55. The van der Waals surface area contributed by atoms with Crippen LogP contribution in [0, 0.1) is 0 Å². The summed E-state index contributed by atoms with van der Waals surface area (Å²) in [6.45, 7) is 0. The Kier molecular flexibility index (Phi) is 5.10. The summed E-state index contributed by atoms with van der Waals surface area (Å²) in [5.74, 6) is -0.244. The van der Waals surface area contributed by atoms with Crippen molar-refractivity contribution in [2.45, 2.75) is 6.42 Å². The third-order valence-electron chi connectivity index (χ3n) is 4.51. The molecule has 3 N–H and O–H groups in total. The number of anilines is 1. The second-order valence-electron chi connectivity index (χ2n) is 6.34. The number of nitrogens with one attached hydrogen (secondary N) is 2. The summed E-state index contributed by atoms with van der Waals surface area (Å²) in [5, 5.41) is 11.7. The largest absolute Gasteiger partial charge is 0.451 e. The van der Waals surface area contributed by atoms with Crippen molar-refractivity contribution in [3.8, 4) is 0 Å². The number of aryl methyl sites for hydroxylation is 1. The van der Waals surface area contributed by atoms with Crippen molar-refractivity contribution in [2.24, 2.45) is 0 Å². The molecule has 1 heterocycles. The highest BCUT2D eigenvalue weighted by Gasteiger charge is 2.12. The van der Waals surface area contributed by atoms with Crippen LogP contribution in [-0.2, 0) is 17.4 Å². The predicted octanol–water partition coefficient (Wildman–Crippen LogP) is 4.02. The number of rotatable bonds is 6. The van der Waals surface area contributed by atoms with Crippen LogP contribution in [0.15, 0.2) is 71.1 Å². The van der Waals surface area contributed by atoms with E-state index in [0.717, 1.165) is 5.56 Å². The number of carbonyl (C=O) groups excluding carboxylic acids is 1. The Morgan fingerprint density at radius 1 is 1.00 bits per heavy atom. The SMILES string of the molecule is O=C(NO)c1cc2cc(NS(=O)CCc3cccc4ccccc34)ccc2o1. The lowest BCUT2D eigenvalue weighted by Gasteiger charge is -2.08. The van der Waals surface area contributed by atoms with E-state index in [9.17, 15) is 9.00 Å². The minimum absolute atomic E-state index is 0.00623. The maximum absolute atomic E-state index is 12.5. The van der Waals surface area contributed by atoms with Gasteiger partial charge in [0, 0.05) is 16.8 Å². The lowest BCUT2D eigenvalue weighted by Crippen LogP contribution is -2.17. The minimum Gasteiger partial charge on any atom is -0.451 e. The number of carbonyl (C=O) groups is 1. The van der Waals surface area contributed by atoms with Crippen LogP contribution < -0.4 is 10.2 Å². The molecule has 0 saturated carbocycles. The lowest BCUT2D eigenvalue weighted by molar-refractivity contribution is 0.0678. The van der Waals surface area contributed by atoms with Gasteiger partial charge in [0.1, 0.15) is 16.6 Å². The van der Waals surface area contributed by atoms with E-state index >= 15 is 0 Å². The molecular formula is C21H18N2O4S. The monoisotopic (exact) mass is 394 g/mol.